The molecule has 0 bridgehead atoms. The Kier molecular flexibility index (Phi) is 5.92. The Labute approximate surface area is 126 Å². The van der Waals surface area contributed by atoms with Gasteiger partial charge in [0.1, 0.15) is 0 Å². The van der Waals surface area contributed by atoms with Gasteiger partial charge >= 0.3 is 0 Å². The summed E-state index contributed by atoms with van der Waals surface area (Å²) in [5, 5.41) is 3.76. The Morgan fingerprint density at radius 2 is 1.80 bits per heavy atom. The van der Waals surface area contributed by atoms with Gasteiger partial charge in [0.25, 0.3) is 0 Å². The van der Waals surface area contributed by atoms with Crippen LogP contribution in [0.4, 0.5) is 0 Å². The molecule has 2 fully saturated rings. The number of likely N-dealkylation sites (N-methyl/N-ethyl adjacent to an activating group) is 1. The lowest BCUT2D eigenvalue weighted by Gasteiger charge is -2.48. The fourth-order valence-electron chi connectivity index (χ4n) is 4.41. The van der Waals surface area contributed by atoms with Crippen LogP contribution in [0, 0.1) is 11.3 Å². The van der Waals surface area contributed by atoms with Crippen molar-refractivity contribution in [2.75, 3.05) is 19.6 Å². The molecule has 118 valence electrons. The van der Waals surface area contributed by atoms with E-state index in [4.69, 9.17) is 0 Å². The molecule has 0 aromatic heterocycles. The van der Waals surface area contributed by atoms with E-state index in [0.717, 1.165) is 24.5 Å². The maximum atomic E-state index is 3.76. The summed E-state index contributed by atoms with van der Waals surface area (Å²) in [6.07, 6.45) is 9.80. The Bertz CT molecular complexity index is 279. The van der Waals surface area contributed by atoms with Crippen molar-refractivity contribution in [3.8, 4) is 0 Å². The van der Waals surface area contributed by atoms with Crippen molar-refractivity contribution >= 4 is 0 Å². The fourth-order valence-corrected chi connectivity index (χ4v) is 4.41. The van der Waals surface area contributed by atoms with Gasteiger partial charge in [-0.2, -0.15) is 0 Å². The summed E-state index contributed by atoms with van der Waals surface area (Å²) in [7, 11) is 0. The second-order valence-corrected chi connectivity index (χ2v) is 7.91. The summed E-state index contributed by atoms with van der Waals surface area (Å²) in [5.74, 6) is 1.01. The van der Waals surface area contributed by atoms with E-state index in [1.54, 1.807) is 0 Å². The monoisotopic (exact) mass is 280 g/mol. The van der Waals surface area contributed by atoms with Crippen LogP contribution < -0.4 is 5.32 Å². The van der Waals surface area contributed by atoms with Crippen LogP contribution in [0.5, 0.6) is 0 Å². The number of likely N-dealkylation sites (tertiary alicyclic amines) is 1. The van der Waals surface area contributed by atoms with Gasteiger partial charge in [0, 0.05) is 12.1 Å². The third-order valence-corrected chi connectivity index (χ3v) is 5.64. The summed E-state index contributed by atoms with van der Waals surface area (Å²) in [6.45, 7) is 13.3. The van der Waals surface area contributed by atoms with Crippen molar-refractivity contribution < 1.29 is 0 Å². The van der Waals surface area contributed by atoms with Crippen LogP contribution in [0.3, 0.4) is 0 Å². The van der Waals surface area contributed by atoms with E-state index in [0.29, 0.717) is 5.41 Å². The number of piperidine rings is 1. The minimum Gasteiger partial charge on any atom is -0.313 e. The third kappa shape index (κ3) is 4.21. The van der Waals surface area contributed by atoms with Crippen LogP contribution in [-0.4, -0.2) is 36.6 Å². The molecule has 1 aliphatic carbocycles. The molecule has 0 aromatic carbocycles. The van der Waals surface area contributed by atoms with E-state index in [2.05, 4.69) is 37.9 Å². The molecule has 20 heavy (non-hydrogen) atoms. The summed E-state index contributed by atoms with van der Waals surface area (Å²) in [5.41, 5.74) is 0.539. The van der Waals surface area contributed by atoms with Crippen molar-refractivity contribution in [2.45, 2.75) is 84.7 Å². The first-order chi connectivity index (χ1) is 9.55. The van der Waals surface area contributed by atoms with Crippen LogP contribution in [-0.2, 0) is 0 Å². The van der Waals surface area contributed by atoms with E-state index < -0.39 is 0 Å². The van der Waals surface area contributed by atoms with Gasteiger partial charge in [-0.25, -0.2) is 0 Å². The summed E-state index contributed by atoms with van der Waals surface area (Å²) >= 11 is 0. The molecule has 1 heterocycles. The molecule has 0 aromatic rings. The SMILES string of the molecule is CCCC1CCN(C2CC(C)(C)CCC2NCC)CC1. The van der Waals surface area contributed by atoms with Gasteiger partial charge in [-0.15, -0.1) is 0 Å². The topological polar surface area (TPSA) is 15.3 Å². The Hall–Kier alpha value is -0.0800. The second kappa shape index (κ2) is 7.26. The molecule has 2 nitrogen and oxygen atoms in total. The van der Waals surface area contributed by atoms with Gasteiger partial charge in [-0.05, 0) is 63.1 Å². The van der Waals surface area contributed by atoms with Crippen LogP contribution in [0.25, 0.3) is 0 Å². The maximum absolute atomic E-state index is 3.76. The minimum atomic E-state index is 0.539. The highest BCUT2D eigenvalue weighted by atomic mass is 15.2. The highest BCUT2D eigenvalue weighted by Crippen LogP contribution is 2.38. The average Bonchev–Trinajstić information content (AvgIpc) is 2.42. The largest absolute Gasteiger partial charge is 0.313 e. The molecule has 0 spiro atoms. The van der Waals surface area contributed by atoms with E-state index in [9.17, 15) is 0 Å². The number of hydrogen-bond acceptors (Lipinski definition) is 2. The molecule has 1 aliphatic heterocycles. The number of rotatable bonds is 5. The van der Waals surface area contributed by atoms with Gasteiger partial charge in [-0.3, -0.25) is 4.90 Å². The van der Waals surface area contributed by atoms with Gasteiger partial charge in [0.2, 0.25) is 0 Å². The molecule has 2 heteroatoms. The molecule has 1 saturated heterocycles. The highest BCUT2D eigenvalue weighted by Gasteiger charge is 2.38. The lowest BCUT2D eigenvalue weighted by Crippen LogP contribution is -2.56. The molecular weight excluding hydrogens is 244 g/mol. The van der Waals surface area contributed by atoms with Crippen molar-refractivity contribution in [3.05, 3.63) is 0 Å². The molecule has 1 N–H and O–H groups in total. The summed E-state index contributed by atoms with van der Waals surface area (Å²) in [4.78, 5) is 2.82. The van der Waals surface area contributed by atoms with E-state index >= 15 is 0 Å². The van der Waals surface area contributed by atoms with E-state index in [1.165, 1.54) is 58.0 Å². The van der Waals surface area contributed by atoms with Crippen molar-refractivity contribution in [1.82, 2.24) is 10.2 Å². The normalized spacial score (nSPS) is 32.4. The molecule has 2 atom stereocenters. The Balaban J connectivity index is 1.93. The lowest BCUT2D eigenvalue weighted by molar-refractivity contribution is 0.0407. The number of nitrogens with one attached hydrogen (secondary N) is 1. The fraction of sp³-hybridized carbons (Fsp3) is 1.00. The van der Waals surface area contributed by atoms with Gasteiger partial charge < -0.3 is 5.32 Å². The van der Waals surface area contributed by atoms with Gasteiger partial charge in [0.15, 0.2) is 0 Å². The van der Waals surface area contributed by atoms with Crippen molar-refractivity contribution in [2.24, 2.45) is 11.3 Å². The molecule has 0 radical (unpaired) electrons. The zero-order chi connectivity index (χ0) is 14.6. The quantitative estimate of drug-likeness (QED) is 0.817. The van der Waals surface area contributed by atoms with E-state index in [1.807, 2.05) is 0 Å². The number of nitrogens with zero attached hydrogens (tertiary/aromatic N) is 1. The average molecular weight is 281 g/mol. The van der Waals surface area contributed by atoms with Crippen LogP contribution in [0.15, 0.2) is 0 Å². The maximum Gasteiger partial charge on any atom is 0.0254 e. The van der Waals surface area contributed by atoms with Crippen LogP contribution in [0.2, 0.25) is 0 Å². The van der Waals surface area contributed by atoms with Crippen LogP contribution >= 0.6 is 0 Å². The summed E-state index contributed by atoms with van der Waals surface area (Å²) in [6, 6.07) is 1.51. The summed E-state index contributed by atoms with van der Waals surface area (Å²) < 4.78 is 0. The molecule has 2 rings (SSSR count). The first kappa shape index (κ1) is 16.3. The standard InChI is InChI=1S/C18H36N2/c1-5-7-15-9-12-20(13-10-15)17-14-18(3,4)11-8-16(17)19-6-2/h15-17,19H,5-14H2,1-4H3. The highest BCUT2D eigenvalue weighted by molar-refractivity contribution is 4.95. The molecule has 0 amide bonds. The van der Waals surface area contributed by atoms with Crippen molar-refractivity contribution in [3.63, 3.8) is 0 Å². The van der Waals surface area contributed by atoms with Crippen molar-refractivity contribution in [1.29, 1.82) is 0 Å². The van der Waals surface area contributed by atoms with E-state index in [-0.39, 0.29) is 0 Å². The molecular formula is C18H36N2. The molecule has 2 unspecified atom stereocenters. The first-order valence-electron chi connectivity index (χ1n) is 9.03. The zero-order valence-electron chi connectivity index (χ0n) is 14.3. The minimum absolute atomic E-state index is 0.539. The lowest BCUT2D eigenvalue weighted by atomic mass is 9.72. The Morgan fingerprint density at radius 1 is 1.10 bits per heavy atom. The van der Waals surface area contributed by atoms with Crippen LogP contribution in [0.1, 0.15) is 72.6 Å². The predicted molar refractivity (Wildman–Crippen MR) is 88.1 cm³/mol. The molecule has 1 saturated carbocycles. The predicted octanol–water partition coefficient (Wildman–Crippen LogP) is 4.06. The smallest absolute Gasteiger partial charge is 0.0254 e. The second-order valence-electron chi connectivity index (χ2n) is 7.91. The third-order valence-electron chi connectivity index (χ3n) is 5.64. The van der Waals surface area contributed by atoms with Gasteiger partial charge in [0.05, 0.1) is 0 Å². The first-order valence-corrected chi connectivity index (χ1v) is 9.03. The Morgan fingerprint density at radius 3 is 2.40 bits per heavy atom. The molecule has 2 aliphatic rings. The zero-order valence-corrected chi connectivity index (χ0v) is 14.3. The number of hydrogen-bond donors (Lipinski definition) is 1. The van der Waals surface area contributed by atoms with Gasteiger partial charge in [-0.1, -0.05) is 40.5 Å².